The average Bonchev–Trinajstić information content (AvgIpc) is 3.06. The summed E-state index contributed by atoms with van der Waals surface area (Å²) < 4.78 is 4.88. The van der Waals surface area contributed by atoms with Crippen LogP contribution in [0.25, 0.3) is 0 Å². The van der Waals surface area contributed by atoms with E-state index in [4.69, 9.17) is 10.5 Å². The first-order chi connectivity index (χ1) is 22.5. The Morgan fingerprint density at radius 3 is 2.11 bits per heavy atom. The van der Waals surface area contributed by atoms with Gasteiger partial charge in [0.25, 0.3) is 5.91 Å². The van der Waals surface area contributed by atoms with Gasteiger partial charge in [-0.25, -0.2) is 0 Å². The second kappa shape index (κ2) is 18.0. The van der Waals surface area contributed by atoms with Crippen molar-refractivity contribution in [3.8, 4) is 0 Å². The van der Waals surface area contributed by atoms with Crippen molar-refractivity contribution < 1.29 is 29.0 Å². The predicted molar refractivity (Wildman–Crippen MR) is 181 cm³/mol. The van der Waals surface area contributed by atoms with E-state index < -0.39 is 11.8 Å². The Balaban J connectivity index is 1.71. The minimum atomic E-state index is -0.716. The van der Waals surface area contributed by atoms with Crippen LogP contribution in [0.15, 0.2) is 101 Å². The fraction of sp³-hybridized carbons (Fsp3) is 0.333. The number of amides is 3. The second-order valence-electron chi connectivity index (χ2n) is 11.4. The van der Waals surface area contributed by atoms with Crippen LogP contribution in [-0.2, 0) is 19.1 Å². The van der Waals surface area contributed by atoms with Gasteiger partial charge in [-0.05, 0) is 93.0 Å². The molecule has 0 bridgehead atoms. The summed E-state index contributed by atoms with van der Waals surface area (Å²) >= 11 is 0. The standard InChI is InChI=1S/C36H43N5O6/c1-5-25(26-10-7-6-8-11-26)16-17-28(15-14-23(2)36(46)47-4)34(44)38-30-12-9-13-31(22-30)39-35(45)32(24(3)42)41-40-29-20-18-27(19-21-29)33(37)43/h6-13,18-23,25,28,42H,5,14-17H2,1-4H3,(H2,37,43)(H,38,44)(H,39,45). The molecule has 11 heteroatoms. The molecule has 0 aliphatic heterocycles. The highest BCUT2D eigenvalue weighted by Crippen LogP contribution is 2.30. The largest absolute Gasteiger partial charge is 0.510 e. The van der Waals surface area contributed by atoms with Crippen molar-refractivity contribution in [2.75, 3.05) is 17.7 Å². The second-order valence-corrected chi connectivity index (χ2v) is 11.4. The summed E-state index contributed by atoms with van der Waals surface area (Å²) in [5.74, 6) is -2.55. The van der Waals surface area contributed by atoms with Gasteiger partial charge in [-0.1, -0.05) is 50.2 Å². The lowest BCUT2D eigenvalue weighted by Crippen LogP contribution is -2.25. The molecule has 0 saturated heterocycles. The van der Waals surface area contributed by atoms with Gasteiger partial charge in [0.2, 0.25) is 11.8 Å². The van der Waals surface area contributed by atoms with Gasteiger partial charge < -0.3 is 26.2 Å². The van der Waals surface area contributed by atoms with Crippen molar-refractivity contribution >= 4 is 40.8 Å². The van der Waals surface area contributed by atoms with Crippen LogP contribution in [0, 0.1) is 11.8 Å². The first kappa shape index (κ1) is 36.2. The van der Waals surface area contributed by atoms with E-state index >= 15 is 0 Å². The van der Waals surface area contributed by atoms with E-state index in [1.54, 1.807) is 31.2 Å². The fourth-order valence-electron chi connectivity index (χ4n) is 5.10. The molecule has 0 saturated carbocycles. The number of nitrogens with one attached hydrogen (secondary N) is 2. The van der Waals surface area contributed by atoms with Crippen molar-refractivity contribution in [1.82, 2.24) is 0 Å². The summed E-state index contributed by atoms with van der Waals surface area (Å²) in [6, 6.07) is 22.8. The van der Waals surface area contributed by atoms with Gasteiger partial charge in [0.1, 0.15) is 5.76 Å². The number of anilines is 2. The molecule has 0 fully saturated rings. The third kappa shape index (κ3) is 11.2. The Bertz CT molecular complexity index is 1580. The Labute approximate surface area is 275 Å². The van der Waals surface area contributed by atoms with Gasteiger partial charge in [-0.3, -0.25) is 19.2 Å². The number of nitrogens with two attached hydrogens (primary N) is 1. The normalized spacial score (nSPS) is 13.6. The number of aliphatic hydroxyl groups excluding tert-OH is 1. The summed E-state index contributed by atoms with van der Waals surface area (Å²) in [4.78, 5) is 49.9. The number of hydrogen-bond acceptors (Lipinski definition) is 8. The van der Waals surface area contributed by atoms with Crippen LogP contribution in [-0.4, -0.2) is 35.9 Å². The highest BCUT2D eigenvalue weighted by atomic mass is 16.5. The Morgan fingerprint density at radius 2 is 1.51 bits per heavy atom. The van der Waals surface area contributed by atoms with Gasteiger partial charge >= 0.3 is 5.97 Å². The molecule has 248 valence electrons. The summed E-state index contributed by atoms with van der Waals surface area (Å²) in [6.07, 6.45) is 3.38. The number of methoxy groups -OCH3 is 1. The van der Waals surface area contributed by atoms with E-state index in [2.05, 4.69) is 39.9 Å². The number of aliphatic hydroxyl groups is 1. The first-order valence-corrected chi connectivity index (χ1v) is 15.6. The van der Waals surface area contributed by atoms with E-state index in [1.165, 1.54) is 43.9 Å². The molecule has 0 spiro atoms. The molecule has 0 aliphatic carbocycles. The maximum atomic E-state index is 13.6. The van der Waals surface area contributed by atoms with Crippen molar-refractivity contribution in [3.63, 3.8) is 0 Å². The van der Waals surface area contributed by atoms with Crippen molar-refractivity contribution in [1.29, 1.82) is 0 Å². The van der Waals surface area contributed by atoms with Crippen LogP contribution in [0.4, 0.5) is 17.1 Å². The number of benzene rings is 3. The van der Waals surface area contributed by atoms with Crippen molar-refractivity contribution in [3.05, 3.63) is 101 Å². The zero-order valence-corrected chi connectivity index (χ0v) is 27.2. The van der Waals surface area contributed by atoms with Gasteiger partial charge in [-0.15, -0.1) is 5.11 Å². The number of ether oxygens (including phenoxy) is 1. The molecule has 11 nitrogen and oxygen atoms in total. The molecule has 0 aromatic heterocycles. The first-order valence-electron chi connectivity index (χ1n) is 15.6. The SMILES string of the molecule is CCC(CCC(CCC(C)C(=O)OC)C(=O)Nc1cccc(NC(=O)C(N=Nc2ccc(C(N)=O)cc2)=C(C)O)c1)c1ccccc1. The summed E-state index contributed by atoms with van der Waals surface area (Å²) in [7, 11) is 1.36. The van der Waals surface area contributed by atoms with Crippen LogP contribution in [0.5, 0.6) is 0 Å². The number of azo groups is 1. The number of carbonyl (C=O) groups is 4. The number of nitrogens with zero attached hydrogens (tertiary/aromatic N) is 2. The van der Waals surface area contributed by atoms with Crippen LogP contribution in [0.3, 0.4) is 0 Å². The smallest absolute Gasteiger partial charge is 0.308 e. The number of carbonyl (C=O) groups excluding carboxylic acids is 4. The Hall–Kier alpha value is -5.32. The molecule has 47 heavy (non-hydrogen) atoms. The van der Waals surface area contributed by atoms with Crippen LogP contribution >= 0.6 is 0 Å². The third-order valence-electron chi connectivity index (χ3n) is 7.91. The summed E-state index contributed by atoms with van der Waals surface area (Å²) in [5, 5.41) is 23.7. The van der Waals surface area contributed by atoms with Crippen LogP contribution in [0.1, 0.15) is 74.7 Å². The number of primary amides is 1. The minimum absolute atomic E-state index is 0.184. The number of esters is 1. The Morgan fingerprint density at radius 1 is 0.872 bits per heavy atom. The highest BCUT2D eigenvalue weighted by Gasteiger charge is 2.24. The van der Waals surface area contributed by atoms with Gasteiger partial charge in [-0.2, -0.15) is 5.11 Å². The molecule has 0 heterocycles. The molecule has 3 unspecified atom stereocenters. The number of allylic oxidation sites excluding steroid dienone is 1. The lowest BCUT2D eigenvalue weighted by molar-refractivity contribution is -0.145. The molecular formula is C36H43N5O6. The monoisotopic (exact) mass is 641 g/mol. The minimum Gasteiger partial charge on any atom is -0.510 e. The maximum absolute atomic E-state index is 13.6. The van der Waals surface area contributed by atoms with E-state index in [1.807, 2.05) is 18.2 Å². The lowest BCUT2D eigenvalue weighted by Gasteiger charge is -2.22. The van der Waals surface area contributed by atoms with Crippen molar-refractivity contribution in [2.45, 2.75) is 58.8 Å². The fourth-order valence-corrected chi connectivity index (χ4v) is 5.10. The molecule has 3 rings (SSSR count). The molecule has 0 radical (unpaired) electrons. The highest BCUT2D eigenvalue weighted by molar-refractivity contribution is 6.04. The van der Waals surface area contributed by atoms with Gasteiger partial charge in [0.05, 0.1) is 18.7 Å². The quantitative estimate of drug-likeness (QED) is 0.0548. The molecular weight excluding hydrogens is 598 g/mol. The van der Waals surface area contributed by atoms with Crippen LogP contribution < -0.4 is 16.4 Å². The average molecular weight is 642 g/mol. The molecule has 3 atom stereocenters. The van der Waals surface area contributed by atoms with Gasteiger partial charge in [0.15, 0.2) is 5.70 Å². The number of hydrogen-bond donors (Lipinski definition) is 4. The van der Waals surface area contributed by atoms with E-state index in [-0.39, 0.29) is 35.2 Å². The van der Waals surface area contributed by atoms with E-state index in [9.17, 15) is 24.3 Å². The Kier molecular flexibility index (Phi) is 13.8. The summed E-state index contributed by atoms with van der Waals surface area (Å²) in [5.41, 5.74) is 7.63. The number of rotatable bonds is 16. The molecule has 0 aliphatic rings. The maximum Gasteiger partial charge on any atom is 0.308 e. The molecule has 3 amide bonds. The lowest BCUT2D eigenvalue weighted by atomic mass is 9.85. The summed E-state index contributed by atoms with van der Waals surface area (Å²) in [6.45, 7) is 5.24. The molecule has 3 aromatic carbocycles. The zero-order chi connectivity index (χ0) is 34.3. The predicted octanol–water partition coefficient (Wildman–Crippen LogP) is 7.42. The zero-order valence-electron chi connectivity index (χ0n) is 27.2. The van der Waals surface area contributed by atoms with Gasteiger partial charge in [0, 0.05) is 22.9 Å². The topological polar surface area (TPSA) is 173 Å². The molecule has 3 aromatic rings. The van der Waals surface area contributed by atoms with E-state index in [0.717, 1.165) is 12.8 Å². The third-order valence-corrected chi connectivity index (χ3v) is 7.91. The van der Waals surface area contributed by atoms with E-state index in [0.29, 0.717) is 47.8 Å². The molecule has 5 N–H and O–H groups in total. The van der Waals surface area contributed by atoms with Crippen molar-refractivity contribution in [2.24, 2.45) is 27.8 Å². The van der Waals surface area contributed by atoms with Crippen LogP contribution in [0.2, 0.25) is 0 Å².